The topological polar surface area (TPSA) is 73.2 Å². The molecule has 120 valence electrons. The minimum absolute atomic E-state index is 0.0619. The van der Waals surface area contributed by atoms with Gasteiger partial charge in [-0.15, -0.1) is 23.1 Å². The van der Waals surface area contributed by atoms with Gasteiger partial charge in [-0.3, -0.25) is 9.59 Å². The number of fused-ring (bicyclic) bond motifs is 2. The second-order valence-electron chi connectivity index (χ2n) is 6.43. The van der Waals surface area contributed by atoms with Crippen molar-refractivity contribution in [2.75, 3.05) is 11.1 Å². The van der Waals surface area contributed by atoms with Gasteiger partial charge in [0.15, 0.2) is 0 Å². The minimum atomic E-state index is -0.427. The molecule has 1 aliphatic carbocycles. The van der Waals surface area contributed by atoms with Crippen molar-refractivity contribution in [3.63, 3.8) is 0 Å². The highest BCUT2D eigenvalue weighted by Gasteiger charge is 2.53. The summed E-state index contributed by atoms with van der Waals surface area (Å²) in [6.07, 6.45) is 4.32. The molecule has 2 amide bonds. The number of hydrogen-bond donors (Lipinski definition) is 1. The van der Waals surface area contributed by atoms with Crippen LogP contribution in [-0.2, 0) is 22.4 Å². The number of nitrogens with zero attached hydrogens (tertiary/aromatic N) is 2. The smallest absolute Gasteiger partial charge is 0.248 e. The highest BCUT2D eigenvalue weighted by atomic mass is 32.2. The van der Waals surface area contributed by atoms with Gasteiger partial charge < -0.3 is 10.2 Å². The van der Waals surface area contributed by atoms with Gasteiger partial charge in [0.1, 0.15) is 17.1 Å². The van der Waals surface area contributed by atoms with Crippen LogP contribution in [0.15, 0.2) is 0 Å². The first-order valence-electron chi connectivity index (χ1n) is 7.85. The van der Waals surface area contributed by atoms with E-state index in [1.54, 1.807) is 16.7 Å². The van der Waals surface area contributed by atoms with Gasteiger partial charge in [0, 0.05) is 17.1 Å². The maximum absolute atomic E-state index is 12.7. The molecular formula is C16H17N3O2S2. The quantitative estimate of drug-likeness (QED) is 0.892. The van der Waals surface area contributed by atoms with Crippen molar-refractivity contribution in [3.05, 3.63) is 16.0 Å². The van der Waals surface area contributed by atoms with Gasteiger partial charge in [0.05, 0.1) is 10.4 Å². The summed E-state index contributed by atoms with van der Waals surface area (Å²) in [5.74, 6) is 0.529. The number of nitrogens with one attached hydrogen (secondary N) is 1. The molecule has 0 aromatic carbocycles. The van der Waals surface area contributed by atoms with Gasteiger partial charge in [-0.1, -0.05) is 0 Å². The van der Waals surface area contributed by atoms with Crippen LogP contribution in [0.3, 0.4) is 0 Å². The molecule has 0 spiro atoms. The fourth-order valence-corrected chi connectivity index (χ4v) is 6.50. The summed E-state index contributed by atoms with van der Waals surface area (Å²) in [6, 6.07) is 1.82. The summed E-state index contributed by atoms with van der Waals surface area (Å²) < 4.78 is 0. The summed E-state index contributed by atoms with van der Waals surface area (Å²) in [4.78, 5) is 27.6. The maximum Gasteiger partial charge on any atom is 0.248 e. The van der Waals surface area contributed by atoms with Gasteiger partial charge in [0.25, 0.3) is 0 Å². The predicted octanol–water partition coefficient (Wildman–Crippen LogP) is 2.50. The van der Waals surface area contributed by atoms with E-state index < -0.39 is 6.04 Å². The fraction of sp³-hybridized carbons (Fsp3) is 0.562. The number of rotatable bonds is 2. The lowest BCUT2D eigenvalue weighted by atomic mass is 10.1. The van der Waals surface area contributed by atoms with Crippen LogP contribution in [0.4, 0.5) is 5.00 Å². The molecule has 23 heavy (non-hydrogen) atoms. The van der Waals surface area contributed by atoms with Crippen LogP contribution in [0, 0.1) is 11.3 Å². The predicted molar refractivity (Wildman–Crippen MR) is 90.4 cm³/mol. The van der Waals surface area contributed by atoms with Gasteiger partial charge in [-0.2, -0.15) is 5.26 Å². The Bertz CT molecular complexity index is 751. The molecule has 0 saturated carbocycles. The third-order valence-electron chi connectivity index (χ3n) is 5.02. The van der Waals surface area contributed by atoms with E-state index in [9.17, 15) is 14.9 Å². The van der Waals surface area contributed by atoms with Gasteiger partial charge in [0.2, 0.25) is 11.8 Å². The molecule has 3 aliphatic rings. The molecule has 0 bridgehead atoms. The van der Waals surface area contributed by atoms with E-state index in [-0.39, 0.29) is 16.7 Å². The van der Waals surface area contributed by atoms with E-state index in [1.165, 1.54) is 16.2 Å². The van der Waals surface area contributed by atoms with Gasteiger partial charge in [-0.05, 0) is 38.2 Å². The average molecular weight is 347 g/mol. The summed E-state index contributed by atoms with van der Waals surface area (Å²) in [6.45, 7) is 2.04. The van der Waals surface area contributed by atoms with Gasteiger partial charge in [-0.25, -0.2) is 0 Å². The highest BCUT2D eigenvalue weighted by Crippen LogP contribution is 2.47. The number of carbonyl (C=O) groups is 2. The Hall–Kier alpha value is -1.52. The third kappa shape index (κ3) is 2.19. The Morgan fingerprint density at radius 3 is 3.04 bits per heavy atom. The number of thioether (sulfide) groups is 1. The number of hydrogen-bond acceptors (Lipinski definition) is 5. The molecule has 3 heterocycles. The molecule has 7 heteroatoms. The number of aryl methyl sites for hydroxylation is 1. The van der Waals surface area contributed by atoms with Crippen molar-refractivity contribution >= 4 is 39.9 Å². The SMILES string of the molecule is C[C@]12CCC(=O)N1[C@H](C(=O)Nc1sc3c(c1C#N)CCC3)CS2. The van der Waals surface area contributed by atoms with Crippen molar-refractivity contribution in [2.45, 2.75) is 49.9 Å². The van der Waals surface area contributed by atoms with Gasteiger partial charge >= 0.3 is 0 Å². The first-order valence-corrected chi connectivity index (χ1v) is 9.65. The minimum Gasteiger partial charge on any atom is -0.315 e. The maximum atomic E-state index is 12.7. The molecule has 5 nitrogen and oxygen atoms in total. The molecule has 0 unspecified atom stereocenters. The molecule has 2 fully saturated rings. The summed E-state index contributed by atoms with van der Waals surface area (Å²) in [5, 5.41) is 13.0. The lowest BCUT2D eigenvalue weighted by Gasteiger charge is -2.29. The van der Waals surface area contributed by atoms with E-state index in [4.69, 9.17) is 0 Å². The van der Waals surface area contributed by atoms with E-state index in [0.29, 0.717) is 22.7 Å². The van der Waals surface area contributed by atoms with Crippen LogP contribution in [0.25, 0.3) is 0 Å². The molecule has 2 atom stereocenters. The lowest BCUT2D eigenvalue weighted by Crippen LogP contribution is -2.48. The summed E-state index contributed by atoms with van der Waals surface area (Å²) >= 11 is 3.20. The monoisotopic (exact) mass is 347 g/mol. The standard InChI is InChI=1S/C16H17N3O2S2/c1-16-6-5-13(20)19(16)11(8-22-16)14(21)18-15-10(7-17)9-3-2-4-12(9)23-15/h11H,2-6,8H2,1H3,(H,18,21)/t11-,16-/m0/s1. The molecule has 1 aromatic heterocycles. The van der Waals surface area contributed by atoms with E-state index in [0.717, 1.165) is 31.2 Å². The largest absolute Gasteiger partial charge is 0.315 e. The van der Waals surface area contributed by atoms with Crippen molar-refractivity contribution in [1.82, 2.24) is 4.90 Å². The van der Waals surface area contributed by atoms with Crippen LogP contribution in [0.2, 0.25) is 0 Å². The van der Waals surface area contributed by atoms with Crippen molar-refractivity contribution < 1.29 is 9.59 Å². The van der Waals surface area contributed by atoms with Crippen LogP contribution < -0.4 is 5.32 Å². The average Bonchev–Trinajstić information content (AvgIpc) is 3.21. The summed E-state index contributed by atoms with van der Waals surface area (Å²) in [5.41, 5.74) is 1.73. The zero-order valence-corrected chi connectivity index (χ0v) is 14.5. The van der Waals surface area contributed by atoms with Crippen LogP contribution in [0.5, 0.6) is 0 Å². The number of carbonyl (C=O) groups excluding carboxylic acids is 2. The second kappa shape index (κ2) is 5.25. The van der Waals surface area contributed by atoms with Crippen LogP contribution >= 0.6 is 23.1 Å². The Kier molecular flexibility index (Phi) is 3.43. The van der Waals surface area contributed by atoms with E-state index >= 15 is 0 Å². The fourth-order valence-electron chi connectivity index (χ4n) is 3.82. The molecule has 2 aliphatic heterocycles. The Labute approximate surface area is 143 Å². The number of anilines is 1. The molecule has 0 radical (unpaired) electrons. The van der Waals surface area contributed by atoms with Crippen molar-refractivity contribution in [3.8, 4) is 6.07 Å². The highest BCUT2D eigenvalue weighted by molar-refractivity contribution is 8.01. The van der Waals surface area contributed by atoms with E-state index in [2.05, 4.69) is 11.4 Å². The number of amides is 2. The first kappa shape index (κ1) is 15.0. The van der Waals surface area contributed by atoms with E-state index in [1.807, 2.05) is 6.92 Å². The summed E-state index contributed by atoms with van der Waals surface area (Å²) in [7, 11) is 0. The van der Waals surface area contributed by atoms with Crippen LogP contribution in [-0.4, -0.2) is 33.4 Å². The molecular weight excluding hydrogens is 330 g/mol. The third-order valence-corrected chi connectivity index (χ3v) is 7.73. The molecule has 1 aromatic rings. The molecule has 2 saturated heterocycles. The molecule has 1 N–H and O–H groups in total. The first-order chi connectivity index (χ1) is 11.0. The number of nitriles is 1. The Morgan fingerprint density at radius 1 is 1.43 bits per heavy atom. The Balaban J connectivity index is 1.58. The van der Waals surface area contributed by atoms with Crippen LogP contribution in [0.1, 0.15) is 42.2 Å². The van der Waals surface area contributed by atoms with Crippen molar-refractivity contribution in [1.29, 1.82) is 5.26 Å². The molecule has 4 rings (SSSR count). The normalized spacial score (nSPS) is 28.6. The van der Waals surface area contributed by atoms with Crippen molar-refractivity contribution in [2.24, 2.45) is 0 Å². The second-order valence-corrected chi connectivity index (χ2v) is 9.03. The lowest BCUT2D eigenvalue weighted by molar-refractivity contribution is -0.135. The zero-order chi connectivity index (χ0) is 16.2. The Morgan fingerprint density at radius 2 is 2.26 bits per heavy atom. The number of thiophene rings is 1. The zero-order valence-electron chi connectivity index (χ0n) is 12.8.